The van der Waals surface area contributed by atoms with Crippen molar-refractivity contribution in [1.29, 1.82) is 0 Å². The molecule has 0 unspecified atom stereocenters. The Labute approximate surface area is 185 Å². The van der Waals surface area contributed by atoms with Crippen LogP contribution in [-0.2, 0) is 12.6 Å². The van der Waals surface area contributed by atoms with E-state index in [0.29, 0.717) is 5.02 Å². The summed E-state index contributed by atoms with van der Waals surface area (Å²) >= 11 is 6.28. The van der Waals surface area contributed by atoms with Gasteiger partial charge in [0.1, 0.15) is 5.82 Å². The fraction of sp³-hybridized carbons (Fsp3) is 0.320. The number of alkyl halides is 3. The van der Waals surface area contributed by atoms with Gasteiger partial charge in [0.15, 0.2) is 0 Å². The predicted octanol–water partition coefficient (Wildman–Crippen LogP) is 7.52. The molecule has 6 heteroatoms. The highest BCUT2D eigenvalue weighted by molar-refractivity contribution is 6.31. The number of fused-ring (bicyclic) bond motifs is 1. The number of aromatic nitrogens is 1. The lowest BCUT2D eigenvalue weighted by Gasteiger charge is -2.31. The molecule has 1 aliphatic rings. The zero-order chi connectivity index (χ0) is 22.2. The van der Waals surface area contributed by atoms with E-state index in [9.17, 15) is 13.2 Å². The Morgan fingerprint density at radius 3 is 2.48 bits per heavy atom. The molecule has 2 aromatic carbocycles. The van der Waals surface area contributed by atoms with E-state index in [0.717, 1.165) is 65.4 Å². The van der Waals surface area contributed by atoms with Gasteiger partial charge in [-0.25, -0.2) is 4.98 Å². The van der Waals surface area contributed by atoms with E-state index in [2.05, 4.69) is 11.5 Å². The lowest BCUT2D eigenvalue weighted by Crippen LogP contribution is -2.31. The molecule has 0 aliphatic carbocycles. The number of pyridine rings is 1. The van der Waals surface area contributed by atoms with Gasteiger partial charge in [-0.1, -0.05) is 36.4 Å². The molecule has 1 fully saturated rings. The minimum absolute atomic E-state index is 0.123. The second-order valence-electron chi connectivity index (χ2n) is 8.11. The molecule has 0 bridgehead atoms. The first-order valence-corrected chi connectivity index (χ1v) is 10.8. The number of halogens is 4. The maximum absolute atomic E-state index is 13.7. The van der Waals surface area contributed by atoms with Gasteiger partial charge in [-0.3, -0.25) is 0 Å². The molecule has 0 atom stereocenters. The van der Waals surface area contributed by atoms with Gasteiger partial charge >= 0.3 is 6.18 Å². The van der Waals surface area contributed by atoms with Crippen LogP contribution in [0.1, 0.15) is 48.4 Å². The predicted molar refractivity (Wildman–Crippen MR) is 122 cm³/mol. The monoisotopic (exact) mass is 444 g/mol. The normalized spacial score (nSPS) is 14.8. The van der Waals surface area contributed by atoms with E-state index >= 15 is 0 Å². The summed E-state index contributed by atoms with van der Waals surface area (Å²) in [7, 11) is 0. The Kier molecular flexibility index (Phi) is 5.98. The molecule has 4 rings (SSSR count). The minimum atomic E-state index is -4.42. The van der Waals surface area contributed by atoms with Crippen molar-refractivity contribution in [3.63, 3.8) is 0 Å². The van der Waals surface area contributed by atoms with Crippen LogP contribution in [0.15, 0.2) is 49.0 Å². The third kappa shape index (κ3) is 4.42. The van der Waals surface area contributed by atoms with Crippen molar-refractivity contribution in [3.05, 3.63) is 76.3 Å². The number of hydrogen-bond donors (Lipinski definition) is 0. The van der Waals surface area contributed by atoms with Gasteiger partial charge in [-0.05, 0) is 73.6 Å². The van der Waals surface area contributed by atoms with Crippen molar-refractivity contribution >= 4 is 33.9 Å². The van der Waals surface area contributed by atoms with Gasteiger partial charge in [0.2, 0.25) is 0 Å². The Morgan fingerprint density at radius 1 is 1.10 bits per heavy atom. The summed E-state index contributed by atoms with van der Waals surface area (Å²) in [5.41, 5.74) is 2.75. The maximum atomic E-state index is 13.7. The highest BCUT2D eigenvalue weighted by atomic mass is 35.5. The molecule has 31 heavy (non-hydrogen) atoms. The third-order valence-electron chi connectivity index (χ3n) is 5.81. The molecule has 0 amide bonds. The lowest BCUT2D eigenvalue weighted by atomic mass is 9.90. The summed E-state index contributed by atoms with van der Waals surface area (Å²) in [4.78, 5) is 7.16. The van der Waals surface area contributed by atoms with E-state index in [-0.39, 0.29) is 12.0 Å². The Bertz CT molecular complexity index is 1130. The summed E-state index contributed by atoms with van der Waals surface area (Å²) in [5, 5.41) is 1.29. The van der Waals surface area contributed by atoms with E-state index in [1.165, 1.54) is 12.5 Å². The molecule has 3 aromatic rings. The van der Waals surface area contributed by atoms with E-state index in [4.69, 9.17) is 16.6 Å². The zero-order valence-corrected chi connectivity index (χ0v) is 18.2. The third-order valence-corrected chi connectivity index (χ3v) is 6.04. The molecular weight excluding hydrogens is 421 g/mol. The number of benzene rings is 2. The standard InChI is InChI=1S/C25H24ClF3N2/c1-16(2)23-20(14-17-8-4-5-9-21(17)25(27,28)29)19-15-18(26)10-11-22(19)30-24(23)31-12-6-3-7-13-31/h4-5,8-11,15H,1,3,6-7,12-14H2,2H3. The van der Waals surface area contributed by atoms with Gasteiger partial charge in [0.25, 0.3) is 0 Å². The van der Waals surface area contributed by atoms with Crippen LogP contribution in [0.25, 0.3) is 16.5 Å². The number of anilines is 1. The number of piperidine rings is 1. The first-order chi connectivity index (χ1) is 14.8. The topological polar surface area (TPSA) is 16.1 Å². The smallest absolute Gasteiger partial charge is 0.356 e. The van der Waals surface area contributed by atoms with Crippen LogP contribution in [-0.4, -0.2) is 18.1 Å². The van der Waals surface area contributed by atoms with Crippen LogP contribution in [0.4, 0.5) is 19.0 Å². The minimum Gasteiger partial charge on any atom is -0.356 e. The molecule has 0 spiro atoms. The van der Waals surface area contributed by atoms with Crippen molar-refractivity contribution in [3.8, 4) is 0 Å². The van der Waals surface area contributed by atoms with Gasteiger partial charge < -0.3 is 4.90 Å². The molecule has 2 nitrogen and oxygen atoms in total. The van der Waals surface area contributed by atoms with Crippen LogP contribution < -0.4 is 4.90 Å². The van der Waals surface area contributed by atoms with Gasteiger partial charge in [-0.2, -0.15) is 13.2 Å². The first kappa shape index (κ1) is 21.7. The van der Waals surface area contributed by atoms with Gasteiger partial charge in [-0.15, -0.1) is 0 Å². The summed E-state index contributed by atoms with van der Waals surface area (Å²) in [5.74, 6) is 0.807. The van der Waals surface area contributed by atoms with Crippen molar-refractivity contribution in [1.82, 2.24) is 4.98 Å². The highest BCUT2D eigenvalue weighted by Gasteiger charge is 2.33. The fourth-order valence-electron chi connectivity index (χ4n) is 4.40. The summed E-state index contributed by atoms with van der Waals surface area (Å²) in [6.07, 6.45) is -0.980. The van der Waals surface area contributed by atoms with Crippen molar-refractivity contribution < 1.29 is 13.2 Å². The lowest BCUT2D eigenvalue weighted by molar-refractivity contribution is -0.138. The summed E-state index contributed by atoms with van der Waals surface area (Å²) < 4.78 is 41.1. The van der Waals surface area contributed by atoms with Crippen LogP contribution in [0.5, 0.6) is 0 Å². The van der Waals surface area contributed by atoms with Crippen LogP contribution in [0.3, 0.4) is 0 Å². The summed E-state index contributed by atoms with van der Waals surface area (Å²) in [6, 6.07) is 11.2. The average molecular weight is 445 g/mol. The molecule has 0 radical (unpaired) electrons. The molecule has 0 N–H and O–H groups in total. The van der Waals surface area contributed by atoms with E-state index < -0.39 is 11.7 Å². The second-order valence-corrected chi connectivity index (χ2v) is 8.55. The quantitative estimate of drug-likeness (QED) is 0.413. The highest BCUT2D eigenvalue weighted by Crippen LogP contribution is 2.39. The first-order valence-electron chi connectivity index (χ1n) is 10.4. The molecule has 2 heterocycles. The van der Waals surface area contributed by atoms with E-state index in [1.807, 2.05) is 13.0 Å². The maximum Gasteiger partial charge on any atom is 0.416 e. The molecular formula is C25H24ClF3N2. The van der Waals surface area contributed by atoms with Crippen LogP contribution in [0, 0.1) is 0 Å². The fourth-order valence-corrected chi connectivity index (χ4v) is 4.57. The number of allylic oxidation sites excluding steroid dienone is 1. The number of nitrogens with zero attached hydrogens (tertiary/aromatic N) is 2. The van der Waals surface area contributed by atoms with Crippen LogP contribution >= 0.6 is 11.6 Å². The Morgan fingerprint density at radius 2 is 1.81 bits per heavy atom. The number of rotatable bonds is 4. The molecule has 162 valence electrons. The largest absolute Gasteiger partial charge is 0.416 e. The Balaban J connectivity index is 1.98. The molecule has 0 saturated carbocycles. The van der Waals surface area contributed by atoms with Crippen LogP contribution in [0.2, 0.25) is 5.02 Å². The molecule has 1 aromatic heterocycles. The van der Waals surface area contributed by atoms with Crippen molar-refractivity contribution in [2.45, 2.75) is 38.8 Å². The zero-order valence-electron chi connectivity index (χ0n) is 17.4. The SMILES string of the molecule is C=C(C)c1c(N2CCCCC2)nc2ccc(Cl)cc2c1Cc1ccccc1C(F)(F)F. The Hall–Kier alpha value is -2.53. The average Bonchev–Trinajstić information content (AvgIpc) is 2.73. The van der Waals surface area contributed by atoms with Crippen molar-refractivity contribution in [2.24, 2.45) is 0 Å². The van der Waals surface area contributed by atoms with Gasteiger partial charge in [0, 0.05) is 29.1 Å². The van der Waals surface area contributed by atoms with E-state index in [1.54, 1.807) is 24.3 Å². The molecule has 1 saturated heterocycles. The molecule has 1 aliphatic heterocycles. The summed E-state index contributed by atoms with van der Waals surface area (Å²) in [6.45, 7) is 7.81. The van der Waals surface area contributed by atoms with Crippen molar-refractivity contribution in [2.75, 3.05) is 18.0 Å². The van der Waals surface area contributed by atoms with Gasteiger partial charge in [0.05, 0.1) is 11.1 Å². The second kappa shape index (κ2) is 8.54. The number of hydrogen-bond acceptors (Lipinski definition) is 2.